The minimum absolute atomic E-state index is 0.976. The van der Waals surface area contributed by atoms with Crippen molar-refractivity contribution in [3.05, 3.63) is 69.8 Å². The molecule has 2 rings (SSSR count). The van der Waals surface area contributed by atoms with Crippen LogP contribution in [-0.4, -0.2) is 31.7 Å². The molecule has 0 aliphatic heterocycles. The molecule has 2 aromatic carbocycles. The number of aryl methyl sites for hydroxylation is 4. The highest BCUT2D eigenvalue weighted by Crippen LogP contribution is 2.15. The van der Waals surface area contributed by atoms with E-state index in [4.69, 9.17) is 0 Å². The first-order valence-electron chi connectivity index (χ1n) is 9.91. The molecule has 0 aliphatic carbocycles. The molecule has 0 unspecified atom stereocenters. The summed E-state index contributed by atoms with van der Waals surface area (Å²) in [6.45, 7) is 13.1. The molecule has 0 atom stereocenters. The van der Waals surface area contributed by atoms with Gasteiger partial charge in [-0.05, 0) is 52.6 Å². The Morgan fingerprint density at radius 1 is 0.692 bits per heavy atom. The molecule has 0 bridgehead atoms. The molecule has 0 heterocycles. The molecular weight excluding hydrogens is 316 g/mol. The molecule has 0 saturated carbocycles. The predicted molar refractivity (Wildman–Crippen MR) is 113 cm³/mol. The van der Waals surface area contributed by atoms with E-state index in [2.05, 4.69) is 83.5 Å². The second-order valence-electron chi connectivity index (χ2n) is 8.69. The van der Waals surface area contributed by atoms with Gasteiger partial charge in [0.2, 0.25) is 0 Å². The maximum Gasteiger partial charge on any atom is 0.104 e. The standard InChI is InChI=1S/C24H37N2/c1-19-11-20(2)14-23(13-19)17-25-9-7-8-10-26(5,6)18-24-15-21(3)12-22(4)16-24/h11-16,25H,7-10,17-18H2,1-6H3/q+1. The van der Waals surface area contributed by atoms with Gasteiger partial charge in [-0.15, -0.1) is 0 Å². The van der Waals surface area contributed by atoms with E-state index in [9.17, 15) is 0 Å². The van der Waals surface area contributed by atoms with E-state index in [-0.39, 0.29) is 0 Å². The van der Waals surface area contributed by atoms with E-state index in [1.807, 2.05) is 0 Å². The average molecular weight is 354 g/mol. The highest BCUT2D eigenvalue weighted by atomic mass is 15.3. The van der Waals surface area contributed by atoms with Crippen molar-refractivity contribution in [3.8, 4) is 0 Å². The van der Waals surface area contributed by atoms with Gasteiger partial charge in [0, 0.05) is 12.1 Å². The molecule has 0 fully saturated rings. The number of hydrogen-bond acceptors (Lipinski definition) is 1. The van der Waals surface area contributed by atoms with Gasteiger partial charge in [0.15, 0.2) is 0 Å². The van der Waals surface area contributed by atoms with Crippen LogP contribution in [0.25, 0.3) is 0 Å². The predicted octanol–water partition coefficient (Wildman–Crippen LogP) is 5.07. The Balaban J connectivity index is 1.69. The van der Waals surface area contributed by atoms with Gasteiger partial charge in [-0.2, -0.15) is 0 Å². The van der Waals surface area contributed by atoms with Gasteiger partial charge in [0.1, 0.15) is 6.54 Å². The van der Waals surface area contributed by atoms with Crippen LogP contribution >= 0.6 is 0 Å². The Morgan fingerprint density at radius 3 is 1.73 bits per heavy atom. The third-order valence-electron chi connectivity index (χ3n) is 4.87. The van der Waals surface area contributed by atoms with Gasteiger partial charge >= 0.3 is 0 Å². The minimum Gasteiger partial charge on any atom is -0.325 e. The summed E-state index contributed by atoms with van der Waals surface area (Å²) in [4.78, 5) is 0. The minimum atomic E-state index is 0.976. The van der Waals surface area contributed by atoms with E-state index in [1.54, 1.807) is 0 Å². The second kappa shape index (κ2) is 9.34. The van der Waals surface area contributed by atoms with Crippen LogP contribution in [0.2, 0.25) is 0 Å². The highest BCUT2D eigenvalue weighted by molar-refractivity contribution is 5.29. The third-order valence-corrected chi connectivity index (χ3v) is 4.87. The van der Waals surface area contributed by atoms with Crippen LogP contribution in [0.15, 0.2) is 36.4 Å². The lowest BCUT2D eigenvalue weighted by molar-refractivity contribution is -0.903. The molecular formula is C24H37N2+. The fourth-order valence-electron chi connectivity index (χ4n) is 3.93. The van der Waals surface area contributed by atoms with Crippen molar-refractivity contribution in [2.24, 2.45) is 0 Å². The van der Waals surface area contributed by atoms with E-state index >= 15 is 0 Å². The number of quaternary nitrogens is 1. The van der Waals surface area contributed by atoms with Crippen LogP contribution in [0.4, 0.5) is 0 Å². The monoisotopic (exact) mass is 353 g/mol. The van der Waals surface area contributed by atoms with Gasteiger partial charge < -0.3 is 9.80 Å². The molecule has 0 aliphatic rings. The molecule has 26 heavy (non-hydrogen) atoms. The Morgan fingerprint density at radius 2 is 1.19 bits per heavy atom. The summed E-state index contributed by atoms with van der Waals surface area (Å²) in [6, 6.07) is 13.7. The van der Waals surface area contributed by atoms with E-state index in [0.717, 1.165) is 24.1 Å². The summed E-state index contributed by atoms with van der Waals surface area (Å²) in [5, 5.41) is 3.60. The van der Waals surface area contributed by atoms with Crippen LogP contribution in [0.3, 0.4) is 0 Å². The molecule has 1 N–H and O–H groups in total. The first kappa shape index (κ1) is 20.7. The van der Waals surface area contributed by atoms with Crippen LogP contribution < -0.4 is 5.32 Å². The number of nitrogens with one attached hydrogen (secondary N) is 1. The zero-order chi connectivity index (χ0) is 19.2. The second-order valence-corrected chi connectivity index (χ2v) is 8.69. The summed E-state index contributed by atoms with van der Waals surface area (Å²) >= 11 is 0. The largest absolute Gasteiger partial charge is 0.325 e. The van der Waals surface area contributed by atoms with Crippen molar-refractivity contribution < 1.29 is 4.48 Å². The van der Waals surface area contributed by atoms with Crippen molar-refractivity contribution >= 4 is 0 Å². The molecule has 142 valence electrons. The summed E-state index contributed by atoms with van der Waals surface area (Å²) in [5.74, 6) is 0. The Labute approximate surface area is 160 Å². The molecule has 0 spiro atoms. The van der Waals surface area contributed by atoms with Gasteiger partial charge in [-0.1, -0.05) is 58.7 Å². The fraction of sp³-hybridized carbons (Fsp3) is 0.500. The third kappa shape index (κ3) is 7.31. The zero-order valence-corrected chi connectivity index (χ0v) is 17.7. The van der Waals surface area contributed by atoms with Gasteiger partial charge in [-0.3, -0.25) is 0 Å². The number of hydrogen-bond donors (Lipinski definition) is 1. The normalized spacial score (nSPS) is 11.8. The lowest BCUT2D eigenvalue weighted by Crippen LogP contribution is -2.39. The molecule has 2 nitrogen and oxygen atoms in total. The maximum absolute atomic E-state index is 3.60. The van der Waals surface area contributed by atoms with Crippen LogP contribution in [-0.2, 0) is 13.1 Å². The molecule has 0 amide bonds. The van der Waals surface area contributed by atoms with Crippen molar-refractivity contribution in [3.63, 3.8) is 0 Å². The topological polar surface area (TPSA) is 12.0 Å². The molecule has 2 aromatic rings. The SMILES string of the molecule is Cc1cc(C)cc(CNCCCC[N+](C)(C)Cc2cc(C)cc(C)c2)c1. The van der Waals surface area contributed by atoms with Crippen molar-refractivity contribution in [1.29, 1.82) is 0 Å². The summed E-state index contributed by atoms with van der Waals surface area (Å²) in [6.07, 6.45) is 2.50. The quantitative estimate of drug-likeness (QED) is 0.490. The Bertz CT molecular complexity index is 676. The Kier molecular flexibility index (Phi) is 7.43. The number of unbranched alkanes of at least 4 members (excludes halogenated alkanes) is 1. The van der Waals surface area contributed by atoms with Gasteiger partial charge in [-0.25, -0.2) is 0 Å². The molecule has 0 aromatic heterocycles. The highest BCUT2D eigenvalue weighted by Gasteiger charge is 2.15. The summed E-state index contributed by atoms with van der Waals surface area (Å²) < 4.78 is 1.06. The average Bonchev–Trinajstić information content (AvgIpc) is 2.48. The summed E-state index contributed by atoms with van der Waals surface area (Å²) in [7, 11) is 4.70. The Hall–Kier alpha value is -1.64. The first-order chi connectivity index (χ1) is 12.2. The van der Waals surface area contributed by atoms with Crippen molar-refractivity contribution in [1.82, 2.24) is 5.32 Å². The zero-order valence-electron chi connectivity index (χ0n) is 17.7. The van der Waals surface area contributed by atoms with Crippen molar-refractivity contribution in [2.75, 3.05) is 27.2 Å². The van der Waals surface area contributed by atoms with Crippen LogP contribution in [0.1, 0.15) is 46.2 Å². The lowest BCUT2D eigenvalue weighted by Gasteiger charge is -2.30. The van der Waals surface area contributed by atoms with Crippen LogP contribution in [0.5, 0.6) is 0 Å². The van der Waals surface area contributed by atoms with Gasteiger partial charge in [0.05, 0.1) is 20.6 Å². The van der Waals surface area contributed by atoms with Crippen molar-refractivity contribution in [2.45, 2.75) is 53.6 Å². The molecule has 0 saturated heterocycles. The summed E-state index contributed by atoms with van der Waals surface area (Å²) in [5.41, 5.74) is 8.31. The van der Waals surface area contributed by atoms with Crippen LogP contribution in [0, 0.1) is 27.7 Å². The lowest BCUT2D eigenvalue weighted by atomic mass is 10.1. The number of rotatable bonds is 9. The van der Waals surface area contributed by atoms with E-state index < -0.39 is 0 Å². The van der Waals surface area contributed by atoms with Gasteiger partial charge in [0.25, 0.3) is 0 Å². The molecule has 0 radical (unpaired) electrons. The maximum atomic E-state index is 3.60. The number of benzene rings is 2. The smallest absolute Gasteiger partial charge is 0.104 e. The van der Waals surface area contributed by atoms with E-state index in [1.165, 1.54) is 52.8 Å². The molecule has 2 heteroatoms. The number of nitrogens with zero attached hydrogens (tertiary/aromatic N) is 1. The van der Waals surface area contributed by atoms with E-state index in [0.29, 0.717) is 0 Å². The first-order valence-corrected chi connectivity index (χ1v) is 9.91. The fourth-order valence-corrected chi connectivity index (χ4v) is 3.93.